The molecule has 0 saturated carbocycles. The van der Waals surface area contributed by atoms with Gasteiger partial charge in [0, 0.05) is 0 Å². The Morgan fingerprint density at radius 3 is 2.10 bits per heavy atom. The van der Waals surface area contributed by atoms with Gasteiger partial charge in [-0.15, -0.1) is 8.58 Å². The van der Waals surface area contributed by atoms with E-state index < -0.39 is 0 Å². The number of rotatable bonds is 5. The Balaban J connectivity index is 3.58. The Kier molecular flexibility index (Phi) is 5.44. The minimum atomic E-state index is 0.567. The molecule has 2 radical (unpaired) electrons. The molecule has 0 heterocycles. The maximum atomic E-state index is 5.46. The maximum absolute atomic E-state index is 5.46. The van der Waals surface area contributed by atoms with E-state index in [4.69, 9.17) is 7.85 Å². The van der Waals surface area contributed by atoms with Gasteiger partial charge in [-0.05, 0) is 11.6 Å². The number of hydrogen-bond acceptors (Lipinski definition) is 0. The lowest BCUT2D eigenvalue weighted by atomic mass is 9.87. The van der Waals surface area contributed by atoms with Gasteiger partial charge in [-0.3, -0.25) is 0 Å². The zero-order chi connectivity index (χ0) is 8.04. The first-order chi connectivity index (χ1) is 4.68. The lowest BCUT2D eigenvalue weighted by Crippen LogP contribution is -2.16. The first-order valence-corrected chi connectivity index (χ1v) is 5.50. The molecule has 0 aromatic heterocycles. The topological polar surface area (TPSA) is 0 Å². The molecule has 1 unspecified atom stereocenters. The van der Waals surface area contributed by atoms with Crippen LogP contribution in [0.4, 0.5) is 0 Å². The molecule has 58 valence electrons. The van der Waals surface area contributed by atoms with E-state index in [9.17, 15) is 0 Å². The zero-order valence-corrected chi connectivity index (χ0v) is 8.41. The van der Waals surface area contributed by atoms with Gasteiger partial charge in [-0.1, -0.05) is 39.7 Å². The maximum Gasteiger partial charge on any atom is 0.0712 e. The molecule has 0 aliphatic carbocycles. The van der Waals surface area contributed by atoms with E-state index in [1.54, 1.807) is 0 Å². The van der Waals surface area contributed by atoms with Crippen LogP contribution in [0.1, 0.15) is 33.6 Å². The molecule has 0 fully saturated rings. The Morgan fingerprint density at radius 2 is 1.80 bits per heavy atom. The van der Waals surface area contributed by atoms with Gasteiger partial charge in [-0.2, -0.15) is 0 Å². The molecule has 0 aromatic rings. The highest BCUT2D eigenvalue weighted by Gasteiger charge is 2.17. The van der Waals surface area contributed by atoms with E-state index in [0.717, 1.165) is 14.6 Å². The molecule has 0 bridgehead atoms. The van der Waals surface area contributed by atoms with Crippen LogP contribution in [-0.2, 0) is 0 Å². The van der Waals surface area contributed by atoms with Crippen molar-refractivity contribution in [1.29, 1.82) is 0 Å². The molecule has 0 nitrogen and oxygen atoms in total. The summed E-state index contributed by atoms with van der Waals surface area (Å²) >= 11 is 0. The smallest absolute Gasteiger partial charge is 0.0712 e. The van der Waals surface area contributed by atoms with E-state index in [0.29, 0.717) is 5.41 Å². The third-order valence-corrected chi connectivity index (χ3v) is 3.80. The van der Waals surface area contributed by atoms with Gasteiger partial charge in [0.25, 0.3) is 0 Å². The average Bonchev–Trinajstić information content (AvgIpc) is 2.00. The van der Waals surface area contributed by atoms with Gasteiger partial charge in [0.2, 0.25) is 0 Å². The lowest BCUT2D eigenvalue weighted by Gasteiger charge is -2.26. The van der Waals surface area contributed by atoms with E-state index in [1.165, 1.54) is 19.0 Å². The van der Waals surface area contributed by atoms with E-state index in [1.807, 2.05) is 0 Å². The van der Waals surface area contributed by atoms with Gasteiger partial charge in [0.05, 0.1) is 7.85 Å². The molecule has 0 N–H and O–H groups in total. The molecule has 0 saturated heterocycles. The molecule has 2 heteroatoms. The quantitative estimate of drug-likeness (QED) is 0.424. The molecule has 0 amide bonds. The Hall–Kier alpha value is 0.495. The molecule has 0 aliphatic heterocycles. The van der Waals surface area contributed by atoms with Crippen molar-refractivity contribution in [3.05, 3.63) is 0 Å². The molecular formula is C8H18BP. The van der Waals surface area contributed by atoms with Gasteiger partial charge < -0.3 is 0 Å². The first-order valence-electron chi connectivity index (χ1n) is 4.09. The summed E-state index contributed by atoms with van der Waals surface area (Å²) in [6.07, 6.45) is 3.89. The van der Waals surface area contributed by atoms with Crippen molar-refractivity contribution >= 4 is 16.4 Å². The highest BCUT2D eigenvalue weighted by atomic mass is 31.1. The standard InChI is InChI=1S/C8H18BP/c1-4-8(3,5-2)6-10-7-9/h10H,4-7H2,1-3H3. The molecule has 0 aromatic carbocycles. The summed E-state index contributed by atoms with van der Waals surface area (Å²) in [7, 11) is 6.42. The van der Waals surface area contributed by atoms with Crippen LogP contribution in [0.25, 0.3) is 0 Å². The van der Waals surface area contributed by atoms with Crippen molar-refractivity contribution in [3.8, 4) is 0 Å². The van der Waals surface area contributed by atoms with Crippen molar-refractivity contribution in [2.45, 2.75) is 33.6 Å². The predicted molar refractivity (Wildman–Crippen MR) is 52.5 cm³/mol. The first kappa shape index (κ1) is 10.5. The van der Waals surface area contributed by atoms with Gasteiger partial charge in [-0.25, -0.2) is 0 Å². The fourth-order valence-electron chi connectivity index (χ4n) is 0.874. The summed E-state index contributed by atoms with van der Waals surface area (Å²) in [6, 6.07) is 0.871. The summed E-state index contributed by atoms with van der Waals surface area (Å²) in [5.41, 5.74) is 0.567. The van der Waals surface area contributed by atoms with Gasteiger partial charge in [0.15, 0.2) is 0 Å². The second-order valence-corrected chi connectivity index (χ2v) is 4.41. The van der Waals surface area contributed by atoms with Crippen LogP contribution in [0, 0.1) is 5.41 Å². The average molecular weight is 156 g/mol. The van der Waals surface area contributed by atoms with Crippen molar-refractivity contribution < 1.29 is 0 Å². The Bertz CT molecular complexity index is 79.3. The second-order valence-electron chi connectivity index (χ2n) is 3.15. The molecule has 0 aliphatic rings. The van der Waals surface area contributed by atoms with Crippen LogP contribution < -0.4 is 0 Å². The predicted octanol–water partition coefficient (Wildman–Crippen LogP) is 2.62. The number of hydrogen-bond donors (Lipinski definition) is 0. The zero-order valence-electron chi connectivity index (χ0n) is 7.41. The minimum absolute atomic E-state index is 0.567. The van der Waals surface area contributed by atoms with E-state index in [2.05, 4.69) is 20.8 Å². The highest BCUT2D eigenvalue weighted by molar-refractivity contribution is 7.40. The molecule has 1 atom stereocenters. The monoisotopic (exact) mass is 156 g/mol. The third-order valence-electron chi connectivity index (χ3n) is 2.40. The lowest BCUT2D eigenvalue weighted by molar-refractivity contribution is 0.346. The summed E-state index contributed by atoms with van der Waals surface area (Å²) in [6.45, 7) is 6.89. The van der Waals surface area contributed by atoms with Crippen LogP contribution in [-0.4, -0.2) is 20.1 Å². The van der Waals surface area contributed by atoms with E-state index >= 15 is 0 Å². The third kappa shape index (κ3) is 3.61. The summed E-state index contributed by atoms with van der Waals surface area (Å²) < 4.78 is 0. The SMILES string of the molecule is [B]CPCC(C)(CC)CC. The fourth-order valence-corrected chi connectivity index (χ4v) is 2.12. The van der Waals surface area contributed by atoms with Crippen molar-refractivity contribution in [2.75, 3.05) is 12.2 Å². The van der Waals surface area contributed by atoms with Crippen LogP contribution in [0.15, 0.2) is 0 Å². The Labute approximate surface area is 68.4 Å². The van der Waals surface area contributed by atoms with Gasteiger partial charge in [0.1, 0.15) is 0 Å². The largest absolute Gasteiger partial charge is 0.130 e. The van der Waals surface area contributed by atoms with E-state index in [-0.39, 0.29) is 0 Å². The van der Waals surface area contributed by atoms with Crippen LogP contribution >= 0.6 is 8.58 Å². The molecule has 0 rings (SSSR count). The van der Waals surface area contributed by atoms with Crippen LogP contribution in [0.5, 0.6) is 0 Å². The normalized spacial score (nSPS) is 13.1. The molecule has 10 heavy (non-hydrogen) atoms. The van der Waals surface area contributed by atoms with Gasteiger partial charge >= 0.3 is 0 Å². The van der Waals surface area contributed by atoms with Crippen molar-refractivity contribution in [2.24, 2.45) is 5.41 Å². The van der Waals surface area contributed by atoms with Crippen molar-refractivity contribution in [1.82, 2.24) is 0 Å². The fraction of sp³-hybridized carbons (Fsp3) is 1.00. The minimum Gasteiger partial charge on any atom is -0.130 e. The second kappa shape index (κ2) is 5.19. The summed E-state index contributed by atoms with van der Waals surface area (Å²) in [5.74, 6) is 0. The van der Waals surface area contributed by atoms with Crippen LogP contribution in [0.3, 0.4) is 0 Å². The highest BCUT2D eigenvalue weighted by Crippen LogP contribution is 2.31. The van der Waals surface area contributed by atoms with Crippen molar-refractivity contribution in [3.63, 3.8) is 0 Å². The van der Waals surface area contributed by atoms with Crippen LogP contribution in [0.2, 0.25) is 0 Å². The molecular weight excluding hydrogens is 138 g/mol. The molecule has 0 spiro atoms. The summed E-state index contributed by atoms with van der Waals surface area (Å²) in [4.78, 5) is 0. The summed E-state index contributed by atoms with van der Waals surface area (Å²) in [5, 5.41) is 0. The Morgan fingerprint density at radius 1 is 1.30 bits per heavy atom.